The molecule has 0 N–H and O–H groups in total. The van der Waals surface area contributed by atoms with Crippen molar-refractivity contribution >= 4 is 21.6 Å². The molecule has 0 spiro atoms. The van der Waals surface area contributed by atoms with Gasteiger partial charge in [0.1, 0.15) is 4.83 Å². The number of nitrogens with zero attached hydrogens (tertiary/aromatic N) is 1. The fraction of sp³-hybridized carbons (Fsp3) is 0.417. The molecule has 0 bridgehead atoms. The van der Waals surface area contributed by atoms with E-state index >= 15 is 0 Å². The summed E-state index contributed by atoms with van der Waals surface area (Å²) in [6.45, 7) is 2.20. The molecular formula is C12H13NS. The second-order valence-corrected chi connectivity index (χ2v) is 5.12. The Morgan fingerprint density at radius 1 is 1.43 bits per heavy atom. The molecule has 0 aliphatic heterocycles. The Kier molecular flexibility index (Phi) is 1.84. The molecule has 0 atom stereocenters. The lowest BCUT2D eigenvalue weighted by Gasteiger charge is -1.95. The molecule has 2 heterocycles. The maximum atomic E-state index is 4.53. The molecule has 2 aromatic heterocycles. The molecule has 1 nitrogen and oxygen atoms in total. The average molecular weight is 203 g/mol. The first-order valence-corrected chi connectivity index (χ1v) is 6.07. The zero-order valence-corrected chi connectivity index (χ0v) is 9.10. The molecule has 0 saturated heterocycles. The van der Waals surface area contributed by atoms with E-state index in [1.54, 1.807) is 0 Å². The van der Waals surface area contributed by atoms with Crippen molar-refractivity contribution in [2.24, 2.45) is 0 Å². The summed E-state index contributed by atoms with van der Waals surface area (Å²) < 4.78 is 0. The minimum Gasteiger partial charge on any atom is -0.245 e. The Bertz CT molecular complexity index is 468. The van der Waals surface area contributed by atoms with Crippen LogP contribution in [0.25, 0.3) is 10.2 Å². The van der Waals surface area contributed by atoms with Gasteiger partial charge in [0.25, 0.3) is 0 Å². The van der Waals surface area contributed by atoms with Gasteiger partial charge < -0.3 is 0 Å². The molecule has 1 aliphatic carbocycles. The van der Waals surface area contributed by atoms with Gasteiger partial charge >= 0.3 is 0 Å². The standard InChI is InChI=1S/C12H13NS/c1-2-11-6-9-5-10(8-3-4-8)7-13-12(9)14-11/h5-8H,2-4H2,1H3. The first kappa shape index (κ1) is 8.42. The Morgan fingerprint density at radius 2 is 2.29 bits per heavy atom. The van der Waals surface area contributed by atoms with Gasteiger partial charge in [0, 0.05) is 16.5 Å². The largest absolute Gasteiger partial charge is 0.245 e. The molecular weight excluding hydrogens is 190 g/mol. The number of hydrogen-bond acceptors (Lipinski definition) is 2. The topological polar surface area (TPSA) is 12.9 Å². The van der Waals surface area contributed by atoms with E-state index in [2.05, 4.69) is 30.2 Å². The fourth-order valence-electron chi connectivity index (χ4n) is 1.82. The highest BCUT2D eigenvalue weighted by Crippen LogP contribution is 2.41. The maximum absolute atomic E-state index is 4.53. The summed E-state index contributed by atoms with van der Waals surface area (Å²) in [5.74, 6) is 0.817. The first-order valence-electron chi connectivity index (χ1n) is 5.25. The highest BCUT2D eigenvalue weighted by molar-refractivity contribution is 7.18. The van der Waals surface area contributed by atoms with Crippen LogP contribution in [0.5, 0.6) is 0 Å². The summed E-state index contributed by atoms with van der Waals surface area (Å²) in [6.07, 6.45) is 5.91. The van der Waals surface area contributed by atoms with Crippen molar-refractivity contribution in [1.82, 2.24) is 4.98 Å². The van der Waals surface area contributed by atoms with Crippen molar-refractivity contribution in [1.29, 1.82) is 0 Å². The predicted octanol–water partition coefficient (Wildman–Crippen LogP) is 3.74. The normalized spacial score (nSPS) is 16.4. The summed E-state index contributed by atoms with van der Waals surface area (Å²) in [5.41, 5.74) is 1.44. The van der Waals surface area contributed by atoms with Gasteiger partial charge in [-0.2, -0.15) is 0 Å². The van der Waals surface area contributed by atoms with Gasteiger partial charge in [-0.25, -0.2) is 4.98 Å². The van der Waals surface area contributed by atoms with Crippen molar-refractivity contribution in [2.75, 3.05) is 0 Å². The number of aromatic nitrogens is 1. The van der Waals surface area contributed by atoms with Crippen molar-refractivity contribution in [3.63, 3.8) is 0 Å². The third-order valence-electron chi connectivity index (χ3n) is 2.84. The van der Waals surface area contributed by atoms with E-state index in [0.29, 0.717) is 0 Å². The van der Waals surface area contributed by atoms with E-state index in [0.717, 1.165) is 12.3 Å². The second-order valence-electron chi connectivity index (χ2n) is 4.00. The zero-order chi connectivity index (χ0) is 9.54. The van der Waals surface area contributed by atoms with Crippen LogP contribution in [0.4, 0.5) is 0 Å². The first-order chi connectivity index (χ1) is 6.86. The molecule has 2 heteroatoms. The smallest absolute Gasteiger partial charge is 0.123 e. The van der Waals surface area contributed by atoms with E-state index in [1.165, 1.54) is 33.5 Å². The van der Waals surface area contributed by atoms with Crippen LogP contribution in [0.1, 0.15) is 36.1 Å². The van der Waals surface area contributed by atoms with Crippen molar-refractivity contribution in [3.05, 3.63) is 28.8 Å². The van der Waals surface area contributed by atoms with Crippen LogP contribution < -0.4 is 0 Å². The van der Waals surface area contributed by atoms with E-state index in [-0.39, 0.29) is 0 Å². The second kappa shape index (κ2) is 3.06. The van der Waals surface area contributed by atoms with Crippen LogP contribution in [0.3, 0.4) is 0 Å². The Morgan fingerprint density at radius 3 is 3.00 bits per heavy atom. The Labute approximate surface area is 87.8 Å². The van der Waals surface area contributed by atoms with Gasteiger partial charge in [-0.05, 0) is 42.9 Å². The molecule has 14 heavy (non-hydrogen) atoms. The molecule has 0 aromatic carbocycles. The SMILES string of the molecule is CCc1cc2cc(C3CC3)cnc2s1. The highest BCUT2D eigenvalue weighted by Gasteiger charge is 2.23. The number of pyridine rings is 1. The van der Waals surface area contributed by atoms with Crippen molar-refractivity contribution in [3.8, 4) is 0 Å². The van der Waals surface area contributed by atoms with Crippen LogP contribution in [0.2, 0.25) is 0 Å². The van der Waals surface area contributed by atoms with E-state index in [9.17, 15) is 0 Å². The number of hydrogen-bond donors (Lipinski definition) is 0. The summed E-state index contributed by atoms with van der Waals surface area (Å²) in [4.78, 5) is 7.17. The van der Waals surface area contributed by atoms with Crippen molar-refractivity contribution in [2.45, 2.75) is 32.1 Å². The number of thiophene rings is 1. The molecule has 1 saturated carbocycles. The molecule has 3 rings (SSSR count). The van der Waals surface area contributed by atoms with Crippen LogP contribution in [0.15, 0.2) is 18.3 Å². The van der Waals surface area contributed by atoms with Crippen LogP contribution in [0, 0.1) is 0 Å². The van der Waals surface area contributed by atoms with Crippen LogP contribution in [-0.4, -0.2) is 4.98 Å². The zero-order valence-electron chi connectivity index (χ0n) is 8.29. The Balaban J connectivity index is 2.12. The van der Waals surface area contributed by atoms with E-state index in [1.807, 2.05) is 11.3 Å². The minimum atomic E-state index is 0.817. The molecule has 0 radical (unpaired) electrons. The van der Waals surface area contributed by atoms with Gasteiger partial charge in [-0.15, -0.1) is 11.3 Å². The maximum Gasteiger partial charge on any atom is 0.123 e. The van der Waals surface area contributed by atoms with Gasteiger partial charge in [0.05, 0.1) is 0 Å². The van der Waals surface area contributed by atoms with Crippen molar-refractivity contribution < 1.29 is 0 Å². The summed E-state index contributed by atoms with van der Waals surface area (Å²) in [7, 11) is 0. The lowest BCUT2D eigenvalue weighted by atomic mass is 10.1. The lowest BCUT2D eigenvalue weighted by molar-refractivity contribution is 1.11. The van der Waals surface area contributed by atoms with Crippen LogP contribution >= 0.6 is 11.3 Å². The summed E-state index contributed by atoms with van der Waals surface area (Å²) >= 11 is 1.83. The van der Waals surface area contributed by atoms with Gasteiger partial charge in [-0.3, -0.25) is 0 Å². The average Bonchev–Trinajstić information content (AvgIpc) is 2.97. The van der Waals surface area contributed by atoms with Gasteiger partial charge in [0.2, 0.25) is 0 Å². The fourth-order valence-corrected chi connectivity index (χ4v) is 2.74. The molecule has 1 aliphatic rings. The number of aryl methyl sites for hydroxylation is 1. The monoisotopic (exact) mass is 203 g/mol. The third kappa shape index (κ3) is 1.34. The highest BCUT2D eigenvalue weighted by atomic mass is 32.1. The number of rotatable bonds is 2. The third-order valence-corrected chi connectivity index (χ3v) is 4.04. The molecule has 72 valence electrons. The number of fused-ring (bicyclic) bond motifs is 1. The summed E-state index contributed by atoms with van der Waals surface area (Å²) in [5, 5.41) is 1.34. The molecule has 0 unspecified atom stereocenters. The quantitative estimate of drug-likeness (QED) is 0.724. The lowest BCUT2D eigenvalue weighted by Crippen LogP contribution is -1.80. The predicted molar refractivity (Wildman–Crippen MR) is 61.0 cm³/mol. The van der Waals surface area contributed by atoms with Crippen LogP contribution in [-0.2, 0) is 6.42 Å². The van der Waals surface area contributed by atoms with E-state index < -0.39 is 0 Å². The molecule has 2 aromatic rings. The van der Waals surface area contributed by atoms with E-state index in [4.69, 9.17) is 0 Å². The molecule has 0 amide bonds. The minimum absolute atomic E-state index is 0.817. The molecule has 1 fully saturated rings. The van der Waals surface area contributed by atoms with Gasteiger partial charge in [-0.1, -0.05) is 6.92 Å². The summed E-state index contributed by atoms with van der Waals surface area (Å²) in [6, 6.07) is 4.62. The Hall–Kier alpha value is -0.890. The van der Waals surface area contributed by atoms with Gasteiger partial charge in [0.15, 0.2) is 0 Å².